The summed E-state index contributed by atoms with van der Waals surface area (Å²) < 4.78 is 5.44. The Kier molecular flexibility index (Phi) is 2.85. The zero-order chi connectivity index (χ0) is 13.0. The lowest BCUT2D eigenvalue weighted by Gasteiger charge is -2.56. The minimum atomic E-state index is -0.648. The van der Waals surface area contributed by atoms with Crippen LogP contribution < -0.4 is 0 Å². The van der Waals surface area contributed by atoms with E-state index in [9.17, 15) is 10.2 Å². The topological polar surface area (TPSA) is 49.7 Å². The first-order valence-electron chi connectivity index (χ1n) is 7.11. The van der Waals surface area contributed by atoms with E-state index in [1.165, 1.54) is 5.57 Å². The summed E-state index contributed by atoms with van der Waals surface area (Å²) >= 11 is 0. The van der Waals surface area contributed by atoms with E-state index in [1.54, 1.807) is 0 Å². The molecule has 0 amide bonds. The predicted octanol–water partition coefficient (Wildman–Crippen LogP) is 2.09. The minimum Gasteiger partial charge on any atom is -0.396 e. The zero-order valence-corrected chi connectivity index (χ0v) is 11.4. The van der Waals surface area contributed by atoms with Crippen molar-refractivity contribution >= 4 is 0 Å². The molecule has 1 aliphatic heterocycles. The summed E-state index contributed by atoms with van der Waals surface area (Å²) in [4.78, 5) is 0. The Morgan fingerprint density at radius 3 is 2.89 bits per heavy atom. The fourth-order valence-corrected chi connectivity index (χ4v) is 4.89. The summed E-state index contributed by atoms with van der Waals surface area (Å²) in [6.07, 6.45) is 6.00. The molecule has 1 saturated carbocycles. The van der Waals surface area contributed by atoms with Gasteiger partial charge in [-0.25, -0.2) is 0 Å². The molecule has 3 rings (SSSR count). The Bertz CT molecular complexity index is 378. The van der Waals surface area contributed by atoms with Gasteiger partial charge >= 0.3 is 0 Å². The van der Waals surface area contributed by atoms with E-state index in [0.29, 0.717) is 12.5 Å². The smallest absolute Gasteiger partial charge is 0.162 e. The van der Waals surface area contributed by atoms with Crippen molar-refractivity contribution in [3.8, 4) is 0 Å². The van der Waals surface area contributed by atoms with E-state index in [2.05, 4.69) is 19.9 Å². The van der Waals surface area contributed by atoms with Gasteiger partial charge in [-0.3, -0.25) is 0 Å². The van der Waals surface area contributed by atoms with Crippen LogP contribution in [0, 0.1) is 22.7 Å². The van der Waals surface area contributed by atoms with E-state index < -0.39 is 6.29 Å². The number of hydrogen-bond donors (Lipinski definition) is 2. The number of aliphatic hydroxyl groups excluding tert-OH is 2. The molecule has 0 aromatic rings. The maximum Gasteiger partial charge on any atom is 0.162 e. The highest BCUT2D eigenvalue weighted by Crippen LogP contribution is 2.61. The van der Waals surface area contributed by atoms with Gasteiger partial charge in [0.05, 0.1) is 6.61 Å². The Morgan fingerprint density at radius 1 is 1.39 bits per heavy atom. The molecule has 1 saturated heterocycles. The van der Waals surface area contributed by atoms with Crippen LogP contribution in [0.15, 0.2) is 11.6 Å². The van der Waals surface area contributed by atoms with Crippen molar-refractivity contribution in [1.82, 2.24) is 0 Å². The molecule has 0 spiro atoms. The molecule has 3 heteroatoms. The molecule has 2 N–H and O–H groups in total. The van der Waals surface area contributed by atoms with E-state index in [0.717, 1.165) is 25.7 Å². The molecule has 0 bridgehead atoms. The average molecular weight is 252 g/mol. The van der Waals surface area contributed by atoms with Crippen molar-refractivity contribution < 1.29 is 14.9 Å². The quantitative estimate of drug-likeness (QED) is 0.703. The molecule has 18 heavy (non-hydrogen) atoms. The lowest BCUT2D eigenvalue weighted by molar-refractivity contribution is -0.147. The Morgan fingerprint density at radius 2 is 2.17 bits per heavy atom. The minimum absolute atomic E-state index is 0.00264. The average Bonchev–Trinajstić information content (AvgIpc) is 2.72. The summed E-state index contributed by atoms with van der Waals surface area (Å²) in [5.41, 5.74) is 1.36. The summed E-state index contributed by atoms with van der Waals surface area (Å²) in [5.74, 6) is 0.594. The van der Waals surface area contributed by atoms with Crippen LogP contribution in [0.1, 0.15) is 39.5 Å². The third-order valence-electron chi connectivity index (χ3n) is 5.89. The van der Waals surface area contributed by atoms with Crippen LogP contribution in [0.5, 0.6) is 0 Å². The maximum absolute atomic E-state index is 10.1. The summed E-state index contributed by atoms with van der Waals surface area (Å²) in [6, 6.07) is 0. The highest BCUT2D eigenvalue weighted by molar-refractivity contribution is 5.23. The Hall–Kier alpha value is -0.380. The highest BCUT2D eigenvalue weighted by Gasteiger charge is 2.57. The molecule has 2 fully saturated rings. The summed E-state index contributed by atoms with van der Waals surface area (Å²) in [5, 5.41) is 19.9. The fourth-order valence-electron chi connectivity index (χ4n) is 4.89. The van der Waals surface area contributed by atoms with Gasteiger partial charge in [0.1, 0.15) is 0 Å². The van der Waals surface area contributed by atoms with E-state index >= 15 is 0 Å². The third kappa shape index (κ3) is 1.54. The maximum atomic E-state index is 10.1. The van der Waals surface area contributed by atoms with Crippen LogP contribution >= 0.6 is 0 Å². The number of rotatable bonds is 1. The van der Waals surface area contributed by atoms with Crippen molar-refractivity contribution in [2.75, 3.05) is 13.2 Å². The second kappa shape index (κ2) is 4.06. The second-order valence-electron chi connectivity index (χ2n) is 6.92. The van der Waals surface area contributed by atoms with Gasteiger partial charge in [0.2, 0.25) is 0 Å². The summed E-state index contributed by atoms with van der Waals surface area (Å²) in [6.45, 7) is 5.33. The van der Waals surface area contributed by atoms with Crippen molar-refractivity contribution in [1.29, 1.82) is 0 Å². The van der Waals surface area contributed by atoms with Crippen molar-refractivity contribution in [3.05, 3.63) is 11.6 Å². The monoisotopic (exact) mass is 252 g/mol. The Balaban J connectivity index is 2.01. The molecular weight excluding hydrogens is 228 g/mol. The van der Waals surface area contributed by atoms with Gasteiger partial charge in [-0.05, 0) is 41.6 Å². The molecule has 102 valence electrons. The molecule has 5 unspecified atom stereocenters. The normalized spacial score (nSPS) is 51.6. The molecule has 2 aliphatic carbocycles. The van der Waals surface area contributed by atoms with Crippen molar-refractivity contribution in [2.24, 2.45) is 22.7 Å². The van der Waals surface area contributed by atoms with E-state index in [4.69, 9.17) is 4.74 Å². The van der Waals surface area contributed by atoms with Gasteiger partial charge in [-0.1, -0.05) is 26.3 Å². The number of ether oxygens (including phenoxy) is 1. The molecular formula is C15H24O3. The lowest BCUT2D eigenvalue weighted by atomic mass is 9.48. The fraction of sp³-hybridized carbons (Fsp3) is 0.867. The molecule has 0 aromatic heterocycles. The van der Waals surface area contributed by atoms with E-state index in [1.807, 2.05) is 0 Å². The lowest BCUT2D eigenvalue weighted by Crippen LogP contribution is -2.52. The first kappa shape index (κ1) is 12.6. The van der Waals surface area contributed by atoms with Gasteiger partial charge in [0.15, 0.2) is 6.29 Å². The number of allylic oxidation sites excluding steroid dienone is 1. The number of hydrogen-bond acceptors (Lipinski definition) is 3. The van der Waals surface area contributed by atoms with Gasteiger partial charge in [-0.15, -0.1) is 0 Å². The predicted molar refractivity (Wildman–Crippen MR) is 68.8 cm³/mol. The Labute approximate surface area is 109 Å². The van der Waals surface area contributed by atoms with Gasteiger partial charge in [-0.2, -0.15) is 0 Å². The van der Waals surface area contributed by atoms with Gasteiger partial charge < -0.3 is 14.9 Å². The molecule has 1 heterocycles. The molecule has 0 aromatic carbocycles. The number of aliphatic hydroxyl groups is 2. The van der Waals surface area contributed by atoms with Crippen LogP contribution in [-0.4, -0.2) is 29.7 Å². The van der Waals surface area contributed by atoms with Crippen LogP contribution in [0.2, 0.25) is 0 Å². The van der Waals surface area contributed by atoms with Crippen LogP contribution in [0.25, 0.3) is 0 Å². The molecule has 3 nitrogen and oxygen atoms in total. The van der Waals surface area contributed by atoms with Crippen LogP contribution in [0.4, 0.5) is 0 Å². The van der Waals surface area contributed by atoms with Gasteiger partial charge in [0, 0.05) is 12.5 Å². The summed E-state index contributed by atoms with van der Waals surface area (Å²) in [7, 11) is 0. The zero-order valence-electron chi connectivity index (χ0n) is 11.4. The van der Waals surface area contributed by atoms with Crippen LogP contribution in [-0.2, 0) is 4.74 Å². The molecule has 3 aliphatic rings. The highest BCUT2D eigenvalue weighted by atomic mass is 16.6. The molecule has 5 atom stereocenters. The van der Waals surface area contributed by atoms with E-state index in [-0.39, 0.29) is 23.4 Å². The third-order valence-corrected chi connectivity index (χ3v) is 5.89. The van der Waals surface area contributed by atoms with Crippen LogP contribution in [0.3, 0.4) is 0 Å². The first-order valence-corrected chi connectivity index (χ1v) is 7.11. The SMILES string of the molecule is CC1(CO)CCCC2(C)C3C(=CCC12)COC3O. The second-order valence-corrected chi connectivity index (χ2v) is 6.92. The van der Waals surface area contributed by atoms with Crippen molar-refractivity contribution in [2.45, 2.75) is 45.8 Å². The van der Waals surface area contributed by atoms with Crippen molar-refractivity contribution in [3.63, 3.8) is 0 Å². The first-order chi connectivity index (χ1) is 8.51. The largest absolute Gasteiger partial charge is 0.396 e. The molecule has 0 radical (unpaired) electrons. The number of fused-ring (bicyclic) bond motifs is 3. The van der Waals surface area contributed by atoms with Gasteiger partial charge in [0.25, 0.3) is 0 Å². The standard InChI is InChI=1S/C15H24O3/c1-14(9-16)6-3-7-15(2)11(14)5-4-10-8-18-13(17)12(10)15/h4,11-13,16-17H,3,5-9H2,1-2H3.